The van der Waals surface area contributed by atoms with Gasteiger partial charge < -0.3 is 10.6 Å². The Balaban J connectivity index is 2.66. The molecule has 0 radical (unpaired) electrons. The van der Waals surface area contributed by atoms with E-state index in [4.69, 9.17) is 5.73 Å². The van der Waals surface area contributed by atoms with Gasteiger partial charge in [0.1, 0.15) is 0 Å². The number of hydrogen-bond acceptors (Lipinski definition) is 2. The molecule has 0 bridgehead atoms. The molecule has 1 aliphatic heterocycles. The van der Waals surface area contributed by atoms with Crippen LogP contribution in [0.4, 0.5) is 0 Å². The van der Waals surface area contributed by atoms with Gasteiger partial charge >= 0.3 is 0 Å². The van der Waals surface area contributed by atoms with E-state index in [2.05, 4.69) is 13.8 Å². The fourth-order valence-corrected chi connectivity index (χ4v) is 1.86. The molecule has 0 aromatic rings. The predicted octanol–water partition coefficient (Wildman–Crippen LogP) is 0.733. The van der Waals surface area contributed by atoms with Gasteiger partial charge in [-0.25, -0.2) is 0 Å². The van der Waals surface area contributed by atoms with Crippen LogP contribution in [0.25, 0.3) is 0 Å². The Hall–Kier alpha value is -0.570. The maximum Gasteiger partial charge on any atom is 0.239 e. The van der Waals surface area contributed by atoms with E-state index in [0.29, 0.717) is 12.1 Å². The van der Waals surface area contributed by atoms with Gasteiger partial charge in [-0.15, -0.1) is 0 Å². The van der Waals surface area contributed by atoms with Gasteiger partial charge in [0.15, 0.2) is 0 Å². The molecule has 1 amide bonds. The van der Waals surface area contributed by atoms with Gasteiger partial charge in [0.25, 0.3) is 0 Å². The minimum absolute atomic E-state index is 0.0903. The first-order valence-electron chi connectivity index (χ1n) is 4.61. The van der Waals surface area contributed by atoms with Crippen molar-refractivity contribution in [3.63, 3.8) is 0 Å². The van der Waals surface area contributed by atoms with Gasteiger partial charge in [-0.2, -0.15) is 0 Å². The zero-order valence-electron chi connectivity index (χ0n) is 8.08. The number of carbonyl (C=O) groups is 1. The van der Waals surface area contributed by atoms with E-state index in [1.807, 2.05) is 4.90 Å². The van der Waals surface area contributed by atoms with Crippen LogP contribution < -0.4 is 5.73 Å². The van der Waals surface area contributed by atoms with Crippen molar-refractivity contribution in [3.8, 4) is 0 Å². The SMILES string of the molecule is CC(N)C(=O)N1C(C)CCC1C. The Morgan fingerprint density at radius 3 is 2.17 bits per heavy atom. The average Bonchev–Trinajstić information content (AvgIpc) is 2.30. The predicted molar refractivity (Wildman–Crippen MR) is 48.7 cm³/mol. The van der Waals surface area contributed by atoms with Crippen LogP contribution in [0.1, 0.15) is 33.6 Å². The molecule has 3 atom stereocenters. The van der Waals surface area contributed by atoms with E-state index in [-0.39, 0.29) is 11.9 Å². The standard InChI is InChI=1S/C9H18N2O/c1-6-4-5-7(2)11(6)9(12)8(3)10/h6-8H,4-5,10H2,1-3H3. The third-order valence-electron chi connectivity index (χ3n) is 2.60. The molecule has 1 aliphatic rings. The molecule has 1 fully saturated rings. The molecule has 0 saturated carbocycles. The lowest BCUT2D eigenvalue weighted by molar-refractivity contribution is -0.134. The van der Waals surface area contributed by atoms with Crippen molar-refractivity contribution in [2.45, 2.75) is 51.7 Å². The molecule has 1 saturated heterocycles. The molecule has 3 unspecified atom stereocenters. The van der Waals surface area contributed by atoms with Gasteiger partial charge in [0, 0.05) is 12.1 Å². The van der Waals surface area contributed by atoms with Crippen LogP contribution in [0.2, 0.25) is 0 Å². The molecule has 0 aliphatic carbocycles. The third kappa shape index (κ3) is 1.61. The van der Waals surface area contributed by atoms with Crippen molar-refractivity contribution in [1.82, 2.24) is 4.90 Å². The van der Waals surface area contributed by atoms with Gasteiger partial charge in [0.05, 0.1) is 6.04 Å². The summed E-state index contributed by atoms with van der Waals surface area (Å²) < 4.78 is 0. The minimum atomic E-state index is -0.354. The normalized spacial score (nSPS) is 32.2. The first kappa shape index (κ1) is 9.52. The van der Waals surface area contributed by atoms with Gasteiger partial charge in [-0.1, -0.05) is 0 Å². The summed E-state index contributed by atoms with van der Waals surface area (Å²) in [5.41, 5.74) is 5.55. The van der Waals surface area contributed by atoms with E-state index in [1.54, 1.807) is 6.92 Å². The Kier molecular flexibility index (Phi) is 2.73. The summed E-state index contributed by atoms with van der Waals surface area (Å²) >= 11 is 0. The first-order valence-corrected chi connectivity index (χ1v) is 4.61. The molecule has 0 aromatic heterocycles. The van der Waals surface area contributed by atoms with Crippen molar-refractivity contribution in [1.29, 1.82) is 0 Å². The highest BCUT2D eigenvalue weighted by molar-refractivity contribution is 5.82. The van der Waals surface area contributed by atoms with Crippen molar-refractivity contribution in [2.24, 2.45) is 5.73 Å². The van der Waals surface area contributed by atoms with Crippen LogP contribution in [0.3, 0.4) is 0 Å². The Bertz CT molecular complexity index is 169. The van der Waals surface area contributed by atoms with Crippen LogP contribution in [0, 0.1) is 0 Å². The summed E-state index contributed by atoms with van der Waals surface area (Å²) in [5, 5.41) is 0. The maximum atomic E-state index is 11.6. The summed E-state index contributed by atoms with van der Waals surface area (Å²) in [4.78, 5) is 13.5. The maximum absolute atomic E-state index is 11.6. The highest BCUT2D eigenvalue weighted by atomic mass is 16.2. The molecule has 1 heterocycles. The molecule has 1 rings (SSSR count). The summed E-state index contributed by atoms with van der Waals surface area (Å²) in [7, 11) is 0. The zero-order chi connectivity index (χ0) is 9.30. The highest BCUT2D eigenvalue weighted by Crippen LogP contribution is 2.23. The van der Waals surface area contributed by atoms with Crippen LogP contribution in [0.5, 0.6) is 0 Å². The Morgan fingerprint density at radius 2 is 1.83 bits per heavy atom. The quantitative estimate of drug-likeness (QED) is 0.630. The fraction of sp³-hybridized carbons (Fsp3) is 0.889. The molecule has 2 N–H and O–H groups in total. The van der Waals surface area contributed by atoms with Gasteiger partial charge in [-0.05, 0) is 33.6 Å². The Labute approximate surface area is 73.9 Å². The van der Waals surface area contributed by atoms with E-state index in [9.17, 15) is 4.79 Å². The topological polar surface area (TPSA) is 46.3 Å². The number of amides is 1. The van der Waals surface area contributed by atoms with Crippen molar-refractivity contribution in [3.05, 3.63) is 0 Å². The number of likely N-dealkylation sites (tertiary alicyclic amines) is 1. The molecular weight excluding hydrogens is 152 g/mol. The van der Waals surface area contributed by atoms with Crippen LogP contribution >= 0.6 is 0 Å². The number of hydrogen-bond donors (Lipinski definition) is 1. The number of rotatable bonds is 1. The molecule has 3 nitrogen and oxygen atoms in total. The largest absolute Gasteiger partial charge is 0.336 e. The second-order valence-electron chi connectivity index (χ2n) is 3.81. The average molecular weight is 170 g/mol. The zero-order valence-corrected chi connectivity index (χ0v) is 8.08. The second-order valence-corrected chi connectivity index (χ2v) is 3.81. The van der Waals surface area contributed by atoms with Gasteiger partial charge in [-0.3, -0.25) is 4.79 Å². The summed E-state index contributed by atoms with van der Waals surface area (Å²) in [6.45, 7) is 5.92. The monoisotopic (exact) mass is 170 g/mol. The first-order chi connectivity index (χ1) is 5.54. The van der Waals surface area contributed by atoms with Crippen LogP contribution in [-0.2, 0) is 4.79 Å². The molecule has 0 aromatic carbocycles. The summed E-state index contributed by atoms with van der Waals surface area (Å²) in [6, 6.07) is 0.394. The molecule has 70 valence electrons. The van der Waals surface area contributed by atoms with Crippen molar-refractivity contribution >= 4 is 5.91 Å². The number of carbonyl (C=O) groups excluding carboxylic acids is 1. The highest BCUT2D eigenvalue weighted by Gasteiger charge is 2.32. The molecule has 12 heavy (non-hydrogen) atoms. The van der Waals surface area contributed by atoms with E-state index >= 15 is 0 Å². The van der Waals surface area contributed by atoms with E-state index < -0.39 is 0 Å². The van der Waals surface area contributed by atoms with Gasteiger partial charge in [0.2, 0.25) is 5.91 Å². The van der Waals surface area contributed by atoms with Crippen LogP contribution in [-0.4, -0.2) is 28.9 Å². The summed E-state index contributed by atoms with van der Waals surface area (Å²) in [6.07, 6.45) is 2.22. The summed E-state index contributed by atoms with van der Waals surface area (Å²) in [5.74, 6) is 0.0903. The lowest BCUT2D eigenvalue weighted by atomic mass is 10.2. The van der Waals surface area contributed by atoms with Crippen LogP contribution in [0.15, 0.2) is 0 Å². The number of nitrogens with zero attached hydrogens (tertiary/aromatic N) is 1. The molecule has 3 heteroatoms. The third-order valence-corrected chi connectivity index (χ3v) is 2.60. The number of nitrogens with two attached hydrogens (primary N) is 1. The fourth-order valence-electron chi connectivity index (χ4n) is 1.86. The van der Waals surface area contributed by atoms with Crippen molar-refractivity contribution < 1.29 is 4.79 Å². The minimum Gasteiger partial charge on any atom is -0.336 e. The Morgan fingerprint density at radius 1 is 1.42 bits per heavy atom. The van der Waals surface area contributed by atoms with E-state index in [1.165, 1.54) is 0 Å². The lowest BCUT2D eigenvalue weighted by Gasteiger charge is -2.27. The molecule has 0 spiro atoms. The molecular formula is C9H18N2O. The lowest BCUT2D eigenvalue weighted by Crippen LogP contribution is -2.46. The van der Waals surface area contributed by atoms with Crippen molar-refractivity contribution in [2.75, 3.05) is 0 Å². The van der Waals surface area contributed by atoms with E-state index in [0.717, 1.165) is 12.8 Å². The second kappa shape index (κ2) is 3.44. The smallest absolute Gasteiger partial charge is 0.239 e.